The number of nitrogens with zero attached hydrogens (tertiary/aromatic N) is 1. The summed E-state index contributed by atoms with van der Waals surface area (Å²) < 4.78 is 5.34. The third-order valence-electron chi connectivity index (χ3n) is 6.11. The van der Waals surface area contributed by atoms with Gasteiger partial charge in [0.15, 0.2) is 0 Å². The van der Waals surface area contributed by atoms with Gasteiger partial charge < -0.3 is 9.73 Å². The molecule has 1 aromatic carbocycles. The van der Waals surface area contributed by atoms with Crippen LogP contribution in [0, 0.1) is 13.8 Å². The van der Waals surface area contributed by atoms with Gasteiger partial charge in [0.1, 0.15) is 11.1 Å². The zero-order valence-corrected chi connectivity index (χ0v) is 17.0. The molecule has 3 amide bonds. The number of hydrogen-bond acceptors (Lipinski definition) is 5. The maximum absolute atomic E-state index is 13.4. The molecule has 2 aromatic heterocycles. The van der Waals surface area contributed by atoms with Crippen LogP contribution in [0.25, 0.3) is 11.0 Å². The summed E-state index contributed by atoms with van der Waals surface area (Å²) in [5.41, 5.74) is 2.59. The number of carbonyl (C=O) groups is 2. The summed E-state index contributed by atoms with van der Waals surface area (Å²) in [6.07, 6.45) is 2.37. The Balaban J connectivity index is 1.57. The van der Waals surface area contributed by atoms with Crippen molar-refractivity contribution in [2.75, 3.05) is 0 Å². The molecule has 29 heavy (non-hydrogen) atoms. The first-order chi connectivity index (χ1) is 13.9. The third-order valence-corrected chi connectivity index (χ3v) is 7.09. The lowest BCUT2D eigenvalue weighted by atomic mass is 9.80. The van der Waals surface area contributed by atoms with E-state index in [1.807, 2.05) is 37.4 Å². The van der Waals surface area contributed by atoms with Gasteiger partial charge in [-0.25, -0.2) is 9.59 Å². The van der Waals surface area contributed by atoms with Crippen molar-refractivity contribution in [3.63, 3.8) is 0 Å². The quantitative estimate of drug-likeness (QED) is 0.517. The van der Waals surface area contributed by atoms with Gasteiger partial charge in [0.2, 0.25) is 0 Å². The first kappa shape index (κ1) is 18.1. The fourth-order valence-corrected chi connectivity index (χ4v) is 5.47. The fourth-order valence-electron chi connectivity index (χ4n) is 4.47. The molecule has 1 aliphatic carbocycles. The molecule has 6 nitrogen and oxygen atoms in total. The Morgan fingerprint density at radius 2 is 1.97 bits per heavy atom. The number of nitrogens with one attached hydrogen (secondary N) is 1. The molecule has 0 radical (unpaired) electrons. The Morgan fingerprint density at radius 1 is 1.17 bits per heavy atom. The minimum absolute atomic E-state index is 0.0382. The summed E-state index contributed by atoms with van der Waals surface area (Å²) in [7, 11) is 0. The molecule has 1 saturated heterocycles. The highest BCUT2D eigenvalue weighted by atomic mass is 32.1. The number of amides is 3. The van der Waals surface area contributed by atoms with E-state index in [1.54, 1.807) is 11.3 Å². The second kappa shape index (κ2) is 6.29. The smallest absolute Gasteiger partial charge is 0.336 e. The van der Waals surface area contributed by atoms with Crippen LogP contribution in [-0.2, 0) is 23.3 Å². The summed E-state index contributed by atoms with van der Waals surface area (Å²) in [6, 6.07) is 6.66. The second-order valence-corrected chi connectivity index (χ2v) is 8.86. The predicted octanol–water partition coefficient (Wildman–Crippen LogP) is 3.75. The van der Waals surface area contributed by atoms with Crippen molar-refractivity contribution in [2.45, 2.75) is 45.2 Å². The maximum atomic E-state index is 13.4. The van der Waals surface area contributed by atoms with Gasteiger partial charge in [-0.1, -0.05) is 0 Å². The number of carbonyl (C=O) groups excluding carboxylic acids is 2. The minimum Gasteiger partial charge on any atom is -0.423 e. The minimum atomic E-state index is -0.980. The van der Waals surface area contributed by atoms with E-state index in [0.717, 1.165) is 39.8 Å². The number of hydrogen-bond donors (Lipinski definition) is 1. The van der Waals surface area contributed by atoms with E-state index in [0.29, 0.717) is 17.6 Å². The Hall–Kier alpha value is -2.93. The monoisotopic (exact) mass is 408 g/mol. The molecule has 0 unspecified atom stereocenters. The molecule has 1 fully saturated rings. The van der Waals surface area contributed by atoms with Gasteiger partial charge in [-0.05, 0) is 73.4 Å². The number of aryl methyl sites for hydroxylation is 3. The van der Waals surface area contributed by atoms with Crippen LogP contribution in [-0.4, -0.2) is 16.8 Å². The van der Waals surface area contributed by atoms with Crippen molar-refractivity contribution in [3.05, 3.63) is 67.2 Å². The first-order valence-corrected chi connectivity index (χ1v) is 10.5. The molecular formula is C22H20N2O4S. The van der Waals surface area contributed by atoms with Crippen molar-refractivity contribution in [2.24, 2.45) is 0 Å². The number of fused-ring (bicyclic) bond motifs is 3. The molecule has 1 N–H and O–H groups in total. The van der Waals surface area contributed by atoms with Gasteiger partial charge in [0.05, 0.1) is 6.54 Å². The number of rotatable bonds is 2. The lowest BCUT2D eigenvalue weighted by Crippen LogP contribution is -2.46. The van der Waals surface area contributed by atoms with Crippen LogP contribution >= 0.6 is 11.3 Å². The van der Waals surface area contributed by atoms with Crippen molar-refractivity contribution in [1.82, 2.24) is 10.2 Å². The van der Waals surface area contributed by atoms with Gasteiger partial charge in [-0.2, -0.15) is 0 Å². The van der Waals surface area contributed by atoms with E-state index in [4.69, 9.17) is 4.42 Å². The summed E-state index contributed by atoms with van der Waals surface area (Å²) in [6.45, 7) is 3.97. The topological polar surface area (TPSA) is 79.6 Å². The van der Waals surface area contributed by atoms with Crippen LogP contribution in [0.2, 0.25) is 0 Å². The molecule has 2 aliphatic rings. The van der Waals surface area contributed by atoms with Crippen molar-refractivity contribution >= 4 is 34.2 Å². The van der Waals surface area contributed by atoms with Crippen LogP contribution in [0.15, 0.2) is 38.9 Å². The standard InChI is InChI=1S/C22H20N2O4S/c1-12-8-15-14(10-19(25)28-17(15)9-13(12)2)11-24-20(26)22(23-21(24)27)6-3-4-18-16(22)5-7-29-18/h5,7-10H,3-4,6,11H2,1-2H3,(H,23,27)/t22-/m0/s1. The van der Waals surface area contributed by atoms with Crippen LogP contribution in [0.5, 0.6) is 0 Å². The second-order valence-electron chi connectivity index (χ2n) is 7.86. The predicted molar refractivity (Wildman–Crippen MR) is 110 cm³/mol. The molecule has 7 heteroatoms. The molecule has 1 spiro atoms. The van der Waals surface area contributed by atoms with E-state index in [2.05, 4.69) is 5.32 Å². The largest absolute Gasteiger partial charge is 0.423 e. The average molecular weight is 408 g/mol. The molecular weight excluding hydrogens is 388 g/mol. The van der Waals surface area contributed by atoms with Crippen molar-refractivity contribution < 1.29 is 14.0 Å². The Morgan fingerprint density at radius 3 is 2.79 bits per heavy atom. The zero-order valence-electron chi connectivity index (χ0n) is 16.2. The number of thiophene rings is 1. The highest BCUT2D eigenvalue weighted by molar-refractivity contribution is 7.10. The normalized spacial score (nSPS) is 21.1. The molecule has 1 aliphatic heterocycles. The van der Waals surface area contributed by atoms with Gasteiger partial charge in [0, 0.05) is 21.9 Å². The molecule has 3 aromatic rings. The van der Waals surface area contributed by atoms with E-state index >= 15 is 0 Å². The molecule has 5 rings (SSSR count). The first-order valence-electron chi connectivity index (χ1n) is 9.64. The van der Waals surface area contributed by atoms with E-state index < -0.39 is 17.2 Å². The van der Waals surface area contributed by atoms with Crippen LogP contribution in [0.4, 0.5) is 4.79 Å². The SMILES string of the molecule is Cc1cc2oc(=O)cc(CN3C(=O)N[C@]4(CCCc5sccc54)C3=O)c2cc1C. The van der Waals surface area contributed by atoms with Crippen LogP contribution < -0.4 is 10.9 Å². The average Bonchev–Trinajstić information content (AvgIpc) is 3.24. The molecule has 0 saturated carbocycles. The Bertz CT molecular complexity index is 1240. The van der Waals surface area contributed by atoms with Crippen molar-refractivity contribution in [3.8, 4) is 0 Å². The summed E-state index contributed by atoms with van der Waals surface area (Å²) >= 11 is 1.63. The summed E-state index contributed by atoms with van der Waals surface area (Å²) in [5.74, 6) is -0.243. The highest BCUT2D eigenvalue weighted by Gasteiger charge is 2.54. The Kier molecular flexibility index (Phi) is 3.93. The number of imide groups is 1. The number of urea groups is 1. The molecule has 0 bridgehead atoms. The van der Waals surface area contributed by atoms with E-state index in [9.17, 15) is 14.4 Å². The van der Waals surface area contributed by atoms with Gasteiger partial charge in [-0.3, -0.25) is 9.69 Å². The lowest BCUT2D eigenvalue weighted by Gasteiger charge is -2.31. The highest BCUT2D eigenvalue weighted by Crippen LogP contribution is 2.42. The Labute approximate surface area is 171 Å². The van der Waals surface area contributed by atoms with Gasteiger partial charge in [0.25, 0.3) is 5.91 Å². The summed E-state index contributed by atoms with van der Waals surface area (Å²) in [4.78, 5) is 40.8. The van der Waals surface area contributed by atoms with E-state index in [1.165, 1.54) is 11.0 Å². The molecule has 3 heterocycles. The molecule has 148 valence electrons. The van der Waals surface area contributed by atoms with Crippen molar-refractivity contribution in [1.29, 1.82) is 0 Å². The molecule has 1 atom stereocenters. The third kappa shape index (κ3) is 2.64. The number of benzene rings is 1. The lowest BCUT2D eigenvalue weighted by molar-refractivity contribution is -0.132. The summed E-state index contributed by atoms with van der Waals surface area (Å²) in [5, 5.41) is 5.68. The van der Waals surface area contributed by atoms with Gasteiger partial charge in [-0.15, -0.1) is 11.3 Å². The van der Waals surface area contributed by atoms with Gasteiger partial charge >= 0.3 is 11.7 Å². The fraction of sp³-hybridized carbons (Fsp3) is 0.318. The maximum Gasteiger partial charge on any atom is 0.336 e. The zero-order chi connectivity index (χ0) is 20.3. The van der Waals surface area contributed by atoms with Crippen LogP contribution in [0.1, 0.15) is 40.0 Å². The van der Waals surface area contributed by atoms with Crippen LogP contribution in [0.3, 0.4) is 0 Å². The van der Waals surface area contributed by atoms with E-state index in [-0.39, 0.29) is 12.5 Å².